The maximum absolute atomic E-state index is 16.4. The quantitative estimate of drug-likeness (QED) is 0.541. The molecule has 3 aromatic rings. The first-order chi connectivity index (χ1) is 14.5. The molecule has 30 heavy (non-hydrogen) atoms. The first-order valence-corrected chi connectivity index (χ1v) is 10.2. The Morgan fingerprint density at radius 3 is 2.07 bits per heavy atom. The highest BCUT2D eigenvalue weighted by molar-refractivity contribution is 5.98. The van der Waals surface area contributed by atoms with Gasteiger partial charge in [0.25, 0.3) is 5.91 Å². The Labute approximate surface area is 175 Å². The van der Waals surface area contributed by atoms with Gasteiger partial charge >= 0.3 is 0 Å². The number of nitrogens with one attached hydrogen (secondary N) is 1. The number of ketones is 1. The van der Waals surface area contributed by atoms with Crippen molar-refractivity contribution in [2.24, 2.45) is 0 Å². The first-order valence-electron chi connectivity index (χ1n) is 10.2. The largest absolute Gasteiger partial charge is 0.323 e. The molecule has 0 unspecified atom stereocenters. The zero-order valence-corrected chi connectivity index (χ0v) is 16.8. The minimum Gasteiger partial charge on any atom is -0.323 e. The second-order valence-electron chi connectivity index (χ2n) is 7.96. The minimum atomic E-state index is -2.03. The summed E-state index contributed by atoms with van der Waals surface area (Å²) in [6.07, 6.45) is 0.632. The summed E-state index contributed by atoms with van der Waals surface area (Å²) < 4.78 is 16.4. The van der Waals surface area contributed by atoms with Crippen molar-refractivity contribution < 1.29 is 14.0 Å². The molecule has 1 N–H and O–H groups in total. The van der Waals surface area contributed by atoms with Crippen LogP contribution in [0.5, 0.6) is 0 Å². The van der Waals surface area contributed by atoms with Crippen LogP contribution < -0.4 is 5.32 Å². The average molecular weight is 401 g/mol. The van der Waals surface area contributed by atoms with Crippen molar-refractivity contribution in [2.45, 2.75) is 37.3 Å². The monoisotopic (exact) mass is 401 g/mol. The number of hydrogen-bond acceptors (Lipinski definition) is 2. The lowest BCUT2D eigenvalue weighted by molar-refractivity contribution is -0.128. The van der Waals surface area contributed by atoms with Gasteiger partial charge in [0, 0.05) is 17.2 Å². The molecule has 0 aromatic heterocycles. The van der Waals surface area contributed by atoms with Gasteiger partial charge in [-0.05, 0) is 48.9 Å². The van der Waals surface area contributed by atoms with E-state index < -0.39 is 17.5 Å². The van der Waals surface area contributed by atoms with Gasteiger partial charge in [-0.1, -0.05) is 72.8 Å². The Morgan fingerprint density at radius 2 is 1.47 bits per heavy atom. The number of rotatable bonds is 5. The summed E-state index contributed by atoms with van der Waals surface area (Å²) in [4.78, 5) is 24.7. The molecule has 1 saturated carbocycles. The number of hydrogen-bond donors (Lipinski definition) is 1. The predicted octanol–water partition coefficient (Wildman–Crippen LogP) is 5.90. The SMILES string of the molecule is CC(=O)c1ccc([C@@H]2C[C@@H](c3ccccc3)[C@@](F)(C(=O)Nc3ccccc3)C2)cc1. The molecule has 4 rings (SSSR count). The third-order valence-electron chi connectivity index (χ3n) is 6.02. The van der Waals surface area contributed by atoms with Crippen LogP contribution >= 0.6 is 0 Å². The van der Waals surface area contributed by atoms with Crippen molar-refractivity contribution in [2.75, 3.05) is 5.32 Å². The summed E-state index contributed by atoms with van der Waals surface area (Å²) >= 11 is 0. The summed E-state index contributed by atoms with van der Waals surface area (Å²) in [5.74, 6) is -1.26. The summed E-state index contributed by atoms with van der Waals surface area (Å²) in [6.45, 7) is 1.52. The van der Waals surface area contributed by atoms with Gasteiger partial charge in [0.2, 0.25) is 0 Å². The topological polar surface area (TPSA) is 46.2 Å². The van der Waals surface area contributed by atoms with Gasteiger partial charge in [-0.15, -0.1) is 0 Å². The Morgan fingerprint density at radius 1 is 0.867 bits per heavy atom. The van der Waals surface area contributed by atoms with Crippen LogP contribution in [0.3, 0.4) is 0 Å². The van der Waals surface area contributed by atoms with Crippen molar-refractivity contribution in [3.8, 4) is 0 Å². The fraction of sp³-hybridized carbons (Fsp3) is 0.231. The van der Waals surface area contributed by atoms with E-state index in [4.69, 9.17) is 0 Å². The van der Waals surface area contributed by atoms with Gasteiger partial charge < -0.3 is 5.32 Å². The van der Waals surface area contributed by atoms with Gasteiger partial charge in [0.1, 0.15) is 0 Å². The molecule has 0 heterocycles. The Bertz CT molecular complexity index is 1030. The van der Waals surface area contributed by atoms with Crippen LogP contribution in [0.2, 0.25) is 0 Å². The smallest absolute Gasteiger partial charge is 0.262 e. The highest BCUT2D eigenvalue weighted by Crippen LogP contribution is 2.52. The van der Waals surface area contributed by atoms with Gasteiger partial charge in [0.05, 0.1) is 0 Å². The minimum absolute atomic E-state index is 0.00258. The highest BCUT2D eigenvalue weighted by atomic mass is 19.1. The Balaban J connectivity index is 1.65. The second-order valence-corrected chi connectivity index (χ2v) is 7.96. The number of benzene rings is 3. The van der Waals surface area contributed by atoms with Crippen LogP contribution in [0.25, 0.3) is 0 Å². The summed E-state index contributed by atoms with van der Waals surface area (Å²) in [5.41, 5.74) is 0.963. The van der Waals surface area contributed by atoms with Crippen molar-refractivity contribution in [1.82, 2.24) is 0 Å². The molecule has 1 aliphatic carbocycles. The maximum atomic E-state index is 16.4. The Kier molecular flexibility index (Phi) is 5.49. The number of anilines is 1. The molecule has 0 spiro atoms. The molecule has 4 heteroatoms. The number of para-hydroxylation sites is 1. The zero-order valence-electron chi connectivity index (χ0n) is 16.8. The average Bonchev–Trinajstić information content (AvgIpc) is 3.14. The van der Waals surface area contributed by atoms with Crippen molar-refractivity contribution >= 4 is 17.4 Å². The molecular formula is C26H24FNO2. The van der Waals surface area contributed by atoms with Crippen molar-refractivity contribution in [1.29, 1.82) is 0 Å². The number of carbonyl (C=O) groups excluding carboxylic acids is 2. The van der Waals surface area contributed by atoms with Crippen LogP contribution in [0.15, 0.2) is 84.9 Å². The fourth-order valence-electron chi connectivity index (χ4n) is 4.39. The standard InChI is InChI=1S/C26H24FNO2/c1-18(29)19-12-14-20(15-13-19)22-16-24(21-8-4-2-5-9-21)26(27,17-22)25(30)28-23-10-6-3-7-11-23/h2-15,22,24H,16-17H2,1H3,(H,28,30)/t22-,24+,26-/m1/s1. The number of carbonyl (C=O) groups is 2. The number of halogens is 1. The van der Waals surface area contributed by atoms with Gasteiger partial charge in [0.15, 0.2) is 11.5 Å². The first kappa shape index (κ1) is 20.0. The lowest BCUT2D eigenvalue weighted by Gasteiger charge is -2.26. The zero-order chi connectivity index (χ0) is 21.1. The van der Waals surface area contributed by atoms with E-state index in [-0.39, 0.29) is 18.1 Å². The molecule has 1 aliphatic rings. The molecule has 1 fully saturated rings. The number of alkyl halides is 1. The third-order valence-corrected chi connectivity index (χ3v) is 6.02. The Hall–Kier alpha value is -3.27. The number of amides is 1. The molecule has 1 amide bonds. The molecule has 152 valence electrons. The predicted molar refractivity (Wildman–Crippen MR) is 117 cm³/mol. The summed E-state index contributed by atoms with van der Waals surface area (Å²) in [5, 5.41) is 2.76. The molecule has 3 atom stereocenters. The van der Waals surface area contributed by atoms with Gasteiger partial charge in [-0.25, -0.2) is 4.39 Å². The second kappa shape index (κ2) is 8.23. The molecule has 0 bridgehead atoms. The van der Waals surface area contributed by atoms with E-state index in [1.807, 2.05) is 60.7 Å². The normalized spacial score (nSPS) is 23.1. The number of Topliss-reactive ketones (excluding diaryl/α,β-unsaturated/α-hetero) is 1. The maximum Gasteiger partial charge on any atom is 0.262 e. The van der Waals surface area contributed by atoms with E-state index in [1.165, 1.54) is 6.92 Å². The van der Waals surface area contributed by atoms with Crippen molar-refractivity contribution in [3.05, 3.63) is 102 Å². The van der Waals surface area contributed by atoms with Crippen LogP contribution in [0, 0.1) is 0 Å². The lowest BCUT2D eigenvalue weighted by atomic mass is 9.85. The molecule has 0 saturated heterocycles. The van der Waals surface area contributed by atoms with Crippen LogP contribution in [-0.4, -0.2) is 17.4 Å². The van der Waals surface area contributed by atoms with Gasteiger partial charge in [-0.2, -0.15) is 0 Å². The fourth-order valence-corrected chi connectivity index (χ4v) is 4.39. The van der Waals surface area contributed by atoms with E-state index in [0.29, 0.717) is 17.7 Å². The molecule has 0 aliphatic heterocycles. The summed E-state index contributed by atoms with van der Waals surface area (Å²) in [7, 11) is 0. The van der Waals surface area contributed by atoms with Gasteiger partial charge in [-0.3, -0.25) is 9.59 Å². The van der Waals surface area contributed by atoms with E-state index >= 15 is 4.39 Å². The van der Waals surface area contributed by atoms with Crippen molar-refractivity contribution in [3.63, 3.8) is 0 Å². The molecular weight excluding hydrogens is 377 g/mol. The van der Waals surface area contributed by atoms with E-state index in [0.717, 1.165) is 11.1 Å². The summed E-state index contributed by atoms with van der Waals surface area (Å²) in [6, 6.07) is 25.7. The highest BCUT2D eigenvalue weighted by Gasteiger charge is 2.54. The third kappa shape index (κ3) is 3.90. The van der Waals surface area contributed by atoms with E-state index in [1.54, 1.807) is 24.3 Å². The van der Waals surface area contributed by atoms with E-state index in [9.17, 15) is 9.59 Å². The van der Waals surface area contributed by atoms with Crippen LogP contribution in [-0.2, 0) is 4.79 Å². The molecule has 0 radical (unpaired) electrons. The molecule has 3 aromatic carbocycles. The van der Waals surface area contributed by atoms with Crippen LogP contribution in [0.4, 0.5) is 10.1 Å². The van der Waals surface area contributed by atoms with Crippen LogP contribution in [0.1, 0.15) is 53.1 Å². The lowest BCUT2D eigenvalue weighted by Crippen LogP contribution is -2.41. The molecule has 3 nitrogen and oxygen atoms in total. The van der Waals surface area contributed by atoms with E-state index in [2.05, 4.69) is 5.32 Å².